The lowest BCUT2D eigenvalue weighted by Crippen LogP contribution is -2.36. The van der Waals surface area contributed by atoms with E-state index in [0.717, 1.165) is 12.5 Å². The minimum Gasteiger partial charge on any atom is -0.325 e. The van der Waals surface area contributed by atoms with Crippen LogP contribution in [0.2, 0.25) is 0 Å². The first-order chi connectivity index (χ1) is 5.65. The lowest BCUT2D eigenvalue weighted by Gasteiger charge is -2.19. The molecule has 0 radical (unpaired) electrons. The third kappa shape index (κ3) is 1.62. The topological polar surface area (TPSA) is 26.0 Å². The van der Waals surface area contributed by atoms with Crippen LogP contribution in [0.5, 0.6) is 0 Å². The van der Waals surface area contributed by atoms with Gasteiger partial charge in [-0.1, -0.05) is 0 Å². The van der Waals surface area contributed by atoms with Gasteiger partial charge in [-0.05, 0) is 34.6 Å². The number of hydrogen-bond acceptors (Lipinski definition) is 1. The molecule has 1 saturated heterocycles. The highest BCUT2D eigenvalue weighted by molar-refractivity contribution is 5.00. The molecule has 0 bridgehead atoms. The van der Waals surface area contributed by atoms with Crippen LogP contribution in [0.3, 0.4) is 0 Å². The summed E-state index contributed by atoms with van der Waals surface area (Å²) in [6.07, 6.45) is 1.13. The Morgan fingerprint density at radius 1 is 1.38 bits per heavy atom. The van der Waals surface area contributed by atoms with Gasteiger partial charge in [0.2, 0.25) is 0 Å². The summed E-state index contributed by atoms with van der Waals surface area (Å²) in [4.78, 5) is 0. The molecule has 2 nitrogen and oxygen atoms in total. The third-order valence-electron chi connectivity index (χ3n) is 4.13. The van der Waals surface area contributed by atoms with Crippen LogP contribution >= 0.6 is 0 Å². The Balaban J connectivity index is 2.67. The van der Waals surface area contributed by atoms with Crippen molar-refractivity contribution in [2.24, 2.45) is 5.73 Å². The van der Waals surface area contributed by atoms with Gasteiger partial charge in [0.15, 0.2) is 0 Å². The van der Waals surface area contributed by atoms with E-state index in [1.807, 2.05) is 0 Å². The molecule has 0 aliphatic carbocycles. The maximum absolute atomic E-state index is 6.06. The van der Waals surface area contributed by atoms with E-state index in [1.54, 1.807) is 0 Å². The fourth-order valence-electron chi connectivity index (χ4n) is 2.64. The van der Waals surface area contributed by atoms with E-state index in [-0.39, 0.29) is 5.54 Å². The molecule has 1 heterocycles. The van der Waals surface area contributed by atoms with Crippen molar-refractivity contribution >= 4 is 0 Å². The van der Waals surface area contributed by atoms with E-state index < -0.39 is 0 Å². The van der Waals surface area contributed by atoms with Gasteiger partial charge in [0.05, 0.1) is 13.6 Å². The standard InChI is InChI=1S/C11H25N2/c1-7-13(6)9(11(13,4)5)8-10(2,3)12/h9H,7-8,12H2,1-6H3/q+1. The number of nitrogens with zero attached hydrogens (tertiary/aromatic N) is 1. The average Bonchev–Trinajstić information content (AvgIpc) is 2.33. The fraction of sp³-hybridized carbons (Fsp3) is 1.00. The van der Waals surface area contributed by atoms with Gasteiger partial charge in [-0.3, -0.25) is 0 Å². The Kier molecular flexibility index (Phi) is 2.29. The maximum Gasteiger partial charge on any atom is 0.146 e. The molecule has 0 aromatic heterocycles. The Morgan fingerprint density at radius 2 is 1.85 bits per heavy atom. The lowest BCUT2D eigenvalue weighted by atomic mass is 9.95. The van der Waals surface area contributed by atoms with Gasteiger partial charge in [-0.15, -0.1) is 0 Å². The number of hydrogen-bond donors (Lipinski definition) is 1. The summed E-state index contributed by atoms with van der Waals surface area (Å²) in [5, 5.41) is 0. The molecular formula is C11H25N2+. The molecule has 78 valence electrons. The SMILES string of the molecule is CC[N+]1(C)C(CC(C)(C)N)C1(C)C. The summed E-state index contributed by atoms with van der Waals surface area (Å²) in [5.74, 6) is 0. The molecule has 2 atom stereocenters. The molecule has 1 aliphatic rings. The van der Waals surface area contributed by atoms with Gasteiger partial charge in [-0.2, -0.15) is 0 Å². The molecule has 13 heavy (non-hydrogen) atoms. The van der Waals surface area contributed by atoms with Crippen molar-refractivity contribution in [2.75, 3.05) is 13.6 Å². The van der Waals surface area contributed by atoms with Crippen LogP contribution in [-0.4, -0.2) is 35.2 Å². The van der Waals surface area contributed by atoms with Crippen LogP contribution in [0, 0.1) is 0 Å². The third-order valence-corrected chi connectivity index (χ3v) is 4.13. The van der Waals surface area contributed by atoms with Crippen molar-refractivity contribution in [3.8, 4) is 0 Å². The van der Waals surface area contributed by atoms with Gasteiger partial charge < -0.3 is 10.2 Å². The van der Waals surface area contributed by atoms with Gasteiger partial charge >= 0.3 is 0 Å². The Hall–Kier alpha value is -0.0800. The lowest BCUT2D eigenvalue weighted by molar-refractivity contribution is -0.816. The molecule has 2 heteroatoms. The summed E-state index contributed by atoms with van der Waals surface area (Å²) in [5.41, 5.74) is 6.48. The van der Waals surface area contributed by atoms with Crippen LogP contribution in [0.1, 0.15) is 41.0 Å². The van der Waals surface area contributed by atoms with Crippen LogP contribution < -0.4 is 5.73 Å². The Bertz CT molecular complexity index is 203. The number of nitrogens with two attached hydrogens (primary N) is 1. The molecule has 2 unspecified atom stereocenters. The molecule has 0 aromatic rings. The van der Waals surface area contributed by atoms with Crippen molar-refractivity contribution < 1.29 is 4.48 Å². The molecule has 0 saturated carbocycles. The zero-order chi connectivity index (χ0) is 10.5. The zero-order valence-corrected chi connectivity index (χ0v) is 10.0. The highest BCUT2D eigenvalue weighted by Crippen LogP contribution is 2.51. The van der Waals surface area contributed by atoms with Gasteiger partial charge in [0, 0.05) is 12.0 Å². The number of rotatable bonds is 3. The summed E-state index contributed by atoms with van der Waals surface area (Å²) in [6, 6.07) is 0.748. The van der Waals surface area contributed by atoms with Crippen molar-refractivity contribution in [3.63, 3.8) is 0 Å². The van der Waals surface area contributed by atoms with Crippen molar-refractivity contribution in [1.82, 2.24) is 0 Å². The second-order valence-corrected chi connectivity index (χ2v) is 5.95. The van der Waals surface area contributed by atoms with E-state index in [1.165, 1.54) is 11.0 Å². The first-order valence-electron chi connectivity index (χ1n) is 5.29. The monoisotopic (exact) mass is 185 g/mol. The van der Waals surface area contributed by atoms with Crippen molar-refractivity contribution in [2.45, 2.75) is 58.2 Å². The zero-order valence-electron chi connectivity index (χ0n) is 10.0. The second-order valence-electron chi connectivity index (χ2n) is 5.95. The smallest absolute Gasteiger partial charge is 0.146 e. The van der Waals surface area contributed by atoms with E-state index >= 15 is 0 Å². The summed E-state index contributed by atoms with van der Waals surface area (Å²) >= 11 is 0. The van der Waals surface area contributed by atoms with Gasteiger partial charge in [0.25, 0.3) is 0 Å². The molecule has 2 N–H and O–H groups in total. The predicted octanol–water partition coefficient (Wildman–Crippen LogP) is 1.74. The largest absolute Gasteiger partial charge is 0.325 e. The van der Waals surface area contributed by atoms with E-state index in [4.69, 9.17) is 5.73 Å². The molecular weight excluding hydrogens is 160 g/mol. The normalized spacial score (nSPS) is 37.6. The van der Waals surface area contributed by atoms with E-state index in [9.17, 15) is 0 Å². The minimum atomic E-state index is -0.0207. The van der Waals surface area contributed by atoms with Crippen molar-refractivity contribution in [3.05, 3.63) is 0 Å². The molecule has 1 fully saturated rings. The highest BCUT2D eigenvalue weighted by Gasteiger charge is 2.69. The van der Waals surface area contributed by atoms with Crippen LogP contribution in [-0.2, 0) is 0 Å². The first-order valence-corrected chi connectivity index (χ1v) is 5.29. The molecule has 1 rings (SSSR count). The molecule has 0 aromatic carbocycles. The summed E-state index contributed by atoms with van der Waals surface area (Å²) in [6.45, 7) is 12.4. The quantitative estimate of drug-likeness (QED) is 0.526. The molecule has 0 amide bonds. The molecule has 1 aliphatic heterocycles. The number of quaternary nitrogens is 1. The average molecular weight is 185 g/mol. The highest BCUT2D eigenvalue weighted by atomic mass is 15.6. The van der Waals surface area contributed by atoms with Crippen molar-refractivity contribution in [1.29, 1.82) is 0 Å². The Labute approximate surface area is 82.7 Å². The fourth-order valence-corrected chi connectivity index (χ4v) is 2.64. The van der Waals surface area contributed by atoms with Gasteiger partial charge in [0.1, 0.15) is 11.6 Å². The first kappa shape index (κ1) is 11.0. The minimum absolute atomic E-state index is 0.0207. The van der Waals surface area contributed by atoms with Crippen LogP contribution in [0.4, 0.5) is 0 Å². The maximum atomic E-state index is 6.06. The van der Waals surface area contributed by atoms with E-state index in [0.29, 0.717) is 5.54 Å². The summed E-state index contributed by atoms with van der Waals surface area (Å²) in [7, 11) is 2.34. The Morgan fingerprint density at radius 3 is 2.08 bits per heavy atom. The van der Waals surface area contributed by atoms with Gasteiger partial charge in [-0.25, -0.2) is 0 Å². The number of likely N-dealkylation sites (N-methyl/N-ethyl adjacent to an activating group) is 1. The van der Waals surface area contributed by atoms with E-state index in [2.05, 4.69) is 41.7 Å². The predicted molar refractivity (Wildman–Crippen MR) is 57.5 cm³/mol. The van der Waals surface area contributed by atoms with Crippen LogP contribution in [0.15, 0.2) is 0 Å². The molecule has 0 spiro atoms. The second kappa shape index (κ2) is 2.71. The summed E-state index contributed by atoms with van der Waals surface area (Å²) < 4.78 is 1.19. The van der Waals surface area contributed by atoms with Crippen LogP contribution in [0.25, 0.3) is 0 Å².